The number of aromatic nitrogens is 3. The fraction of sp³-hybridized carbons (Fsp3) is 0.360. The van der Waals surface area contributed by atoms with Gasteiger partial charge in [0.05, 0.1) is 17.4 Å². The molecule has 1 aromatic heterocycles. The molecule has 0 aliphatic carbocycles. The second-order valence-corrected chi connectivity index (χ2v) is 9.23. The molecule has 7 nitrogen and oxygen atoms in total. The molecule has 0 aliphatic heterocycles. The van der Waals surface area contributed by atoms with Gasteiger partial charge >= 0.3 is 0 Å². The van der Waals surface area contributed by atoms with Crippen molar-refractivity contribution in [1.82, 2.24) is 14.8 Å². The zero-order chi connectivity index (χ0) is 24.0. The van der Waals surface area contributed by atoms with Gasteiger partial charge in [0.2, 0.25) is 5.91 Å². The molecule has 3 aromatic rings. The predicted molar refractivity (Wildman–Crippen MR) is 130 cm³/mol. The molecule has 1 atom stereocenters. The molecular formula is C25H29N5O2S. The fourth-order valence-electron chi connectivity index (χ4n) is 3.41. The Labute approximate surface area is 199 Å². The normalized spacial score (nSPS) is 11.9. The summed E-state index contributed by atoms with van der Waals surface area (Å²) in [6.45, 7) is 10.4. The molecule has 1 N–H and O–H groups in total. The lowest BCUT2D eigenvalue weighted by Crippen LogP contribution is -2.17. The summed E-state index contributed by atoms with van der Waals surface area (Å²) in [4.78, 5) is 12.4. The number of ether oxygens (including phenoxy) is 1. The number of amides is 1. The van der Waals surface area contributed by atoms with Crippen LogP contribution in [-0.4, -0.2) is 26.4 Å². The molecule has 0 radical (unpaired) electrons. The van der Waals surface area contributed by atoms with Crippen molar-refractivity contribution in [3.63, 3.8) is 0 Å². The third-order valence-corrected chi connectivity index (χ3v) is 5.99. The zero-order valence-corrected chi connectivity index (χ0v) is 20.4. The van der Waals surface area contributed by atoms with E-state index in [9.17, 15) is 4.79 Å². The standard InChI is InChI=1S/C25H29N5O2S/c1-16(2)21-8-6-7-9-22(21)32-18(5)24-28-29-25(30(24)17(3)4)33-15-23(31)27-20-12-10-19(14-26)11-13-20/h6-13,16-18H,15H2,1-5H3,(H,27,31). The molecule has 1 heterocycles. The van der Waals surface area contributed by atoms with Crippen molar-refractivity contribution in [3.05, 3.63) is 65.5 Å². The van der Waals surface area contributed by atoms with E-state index < -0.39 is 0 Å². The first kappa shape index (κ1) is 24.3. The van der Waals surface area contributed by atoms with Gasteiger partial charge in [0.25, 0.3) is 0 Å². The Morgan fingerprint density at radius 1 is 1.09 bits per heavy atom. The zero-order valence-electron chi connectivity index (χ0n) is 19.6. The van der Waals surface area contributed by atoms with E-state index in [4.69, 9.17) is 10.00 Å². The number of para-hydroxylation sites is 1. The van der Waals surface area contributed by atoms with Crippen molar-refractivity contribution in [2.75, 3.05) is 11.1 Å². The van der Waals surface area contributed by atoms with E-state index in [-0.39, 0.29) is 23.8 Å². The first-order valence-corrected chi connectivity index (χ1v) is 11.9. The monoisotopic (exact) mass is 463 g/mol. The van der Waals surface area contributed by atoms with Gasteiger partial charge in [-0.25, -0.2) is 0 Å². The summed E-state index contributed by atoms with van der Waals surface area (Å²) in [7, 11) is 0. The molecule has 3 rings (SSSR count). The van der Waals surface area contributed by atoms with Crippen LogP contribution >= 0.6 is 11.8 Å². The lowest BCUT2D eigenvalue weighted by Gasteiger charge is -2.21. The summed E-state index contributed by atoms with van der Waals surface area (Å²) in [6, 6.07) is 17.0. The number of nitriles is 1. The van der Waals surface area contributed by atoms with E-state index in [0.717, 1.165) is 17.1 Å². The van der Waals surface area contributed by atoms with Crippen molar-refractivity contribution < 1.29 is 9.53 Å². The number of rotatable bonds is 9. The summed E-state index contributed by atoms with van der Waals surface area (Å²) < 4.78 is 8.30. The van der Waals surface area contributed by atoms with Crippen molar-refractivity contribution in [2.45, 2.75) is 57.8 Å². The van der Waals surface area contributed by atoms with Crippen LogP contribution in [0, 0.1) is 11.3 Å². The van der Waals surface area contributed by atoms with Crippen LogP contribution in [0.4, 0.5) is 5.69 Å². The number of thioether (sulfide) groups is 1. The van der Waals surface area contributed by atoms with Crippen LogP contribution in [0.1, 0.15) is 69.6 Å². The van der Waals surface area contributed by atoms with E-state index in [2.05, 4.69) is 55.3 Å². The number of benzene rings is 2. The molecule has 1 amide bonds. The second-order valence-electron chi connectivity index (χ2n) is 8.28. The van der Waals surface area contributed by atoms with Crippen LogP contribution < -0.4 is 10.1 Å². The molecule has 2 aromatic carbocycles. The lowest BCUT2D eigenvalue weighted by molar-refractivity contribution is -0.113. The van der Waals surface area contributed by atoms with Gasteiger partial charge in [-0.15, -0.1) is 10.2 Å². The van der Waals surface area contributed by atoms with Gasteiger partial charge in [0, 0.05) is 11.7 Å². The quantitative estimate of drug-likeness (QED) is 0.408. The molecule has 8 heteroatoms. The number of carbonyl (C=O) groups excluding carboxylic acids is 1. The van der Waals surface area contributed by atoms with Crippen LogP contribution in [0.5, 0.6) is 5.75 Å². The van der Waals surface area contributed by atoms with Gasteiger partial charge in [-0.2, -0.15) is 5.26 Å². The van der Waals surface area contributed by atoms with E-state index in [1.54, 1.807) is 24.3 Å². The van der Waals surface area contributed by atoms with Gasteiger partial charge in [0.15, 0.2) is 17.1 Å². The topological polar surface area (TPSA) is 92.8 Å². The van der Waals surface area contributed by atoms with Crippen molar-refractivity contribution in [1.29, 1.82) is 5.26 Å². The molecule has 1 unspecified atom stereocenters. The average molecular weight is 464 g/mol. The van der Waals surface area contributed by atoms with E-state index >= 15 is 0 Å². The molecule has 0 aliphatic rings. The summed E-state index contributed by atoms with van der Waals surface area (Å²) in [5.74, 6) is 1.95. The van der Waals surface area contributed by atoms with Crippen LogP contribution in [0.15, 0.2) is 53.7 Å². The molecule has 0 saturated carbocycles. The van der Waals surface area contributed by atoms with Gasteiger partial charge < -0.3 is 14.6 Å². The summed E-state index contributed by atoms with van der Waals surface area (Å²) >= 11 is 1.33. The van der Waals surface area contributed by atoms with Crippen LogP contribution in [-0.2, 0) is 4.79 Å². The third-order valence-electron chi connectivity index (χ3n) is 5.05. The highest BCUT2D eigenvalue weighted by Crippen LogP contribution is 2.31. The minimum atomic E-state index is -0.304. The molecule has 0 fully saturated rings. The largest absolute Gasteiger partial charge is 0.482 e. The summed E-state index contributed by atoms with van der Waals surface area (Å²) in [5.41, 5.74) is 2.35. The number of nitrogens with zero attached hydrogens (tertiary/aromatic N) is 4. The molecule has 0 saturated heterocycles. The van der Waals surface area contributed by atoms with Crippen LogP contribution in [0.25, 0.3) is 0 Å². The van der Waals surface area contributed by atoms with E-state index in [1.807, 2.05) is 29.7 Å². The second kappa shape index (κ2) is 11.0. The van der Waals surface area contributed by atoms with Gasteiger partial charge in [-0.1, -0.05) is 43.8 Å². The number of anilines is 1. The summed E-state index contributed by atoms with van der Waals surface area (Å²) in [5, 5.41) is 21.1. The van der Waals surface area contributed by atoms with Crippen molar-refractivity contribution in [2.24, 2.45) is 0 Å². The van der Waals surface area contributed by atoms with Gasteiger partial charge in [-0.3, -0.25) is 4.79 Å². The Hall–Kier alpha value is -3.31. The maximum Gasteiger partial charge on any atom is 0.234 e. The van der Waals surface area contributed by atoms with Crippen molar-refractivity contribution >= 4 is 23.4 Å². The highest BCUT2D eigenvalue weighted by Gasteiger charge is 2.23. The van der Waals surface area contributed by atoms with Gasteiger partial charge in [0.1, 0.15) is 5.75 Å². The predicted octanol–water partition coefficient (Wildman–Crippen LogP) is 5.72. The fourth-order valence-corrected chi connectivity index (χ4v) is 4.29. The number of carbonyl (C=O) groups is 1. The maximum absolute atomic E-state index is 12.4. The smallest absolute Gasteiger partial charge is 0.234 e. The van der Waals surface area contributed by atoms with E-state index in [1.165, 1.54) is 11.8 Å². The maximum atomic E-state index is 12.4. The van der Waals surface area contributed by atoms with Crippen LogP contribution in [0.2, 0.25) is 0 Å². The minimum absolute atomic E-state index is 0.102. The van der Waals surface area contributed by atoms with Crippen molar-refractivity contribution in [3.8, 4) is 11.8 Å². The average Bonchev–Trinajstić information content (AvgIpc) is 3.23. The highest BCUT2D eigenvalue weighted by atomic mass is 32.2. The first-order chi connectivity index (χ1) is 15.8. The van der Waals surface area contributed by atoms with Gasteiger partial charge in [-0.05, 0) is 62.6 Å². The number of hydrogen-bond acceptors (Lipinski definition) is 6. The highest BCUT2D eigenvalue weighted by molar-refractivity contribution is 7.99. The molecule has 172 valence electrons. The lowest BCUT2D eigenvalue weighted by atomic mass is 10.0. The Morgan fingerprint density at radius 3 is 2.42 bits per heavy atom. The van der Waals surface area contributed by atoms with Crippen LogP contribution in [0.3, 0.4) is 0 Å². The number of nitrogens with one attached hydrogen (secondary N) is 1. The Balaban J connectivity index is 1.70. The number of hydrogen-bond donors (Lipinski definition) is 1. The Bertz CT molecular complexity index is 1130. The Kier molecular flexibility index (Phi) is 8.12. The molecule has 0 spiro atoms. The van der Waals surface area contributed by atoms with E-state index in [0.29, 0.717) is 22.3 Å². The third kappa shape index (κ3) is 6.14. The molecule has 0 bridgehead atoms. The Morgan fingerprint density at radius 2 is 1.79 bits per heavy atom. The molecular weight excluding hydrogens is 434 g/mol. The SMILES string of the molecule is CC(C)c1ccccc1OC(C)c1nnc(SCC(=O)Nc2ccc(C#N)cc2)n1C(C)C. The summed E-state index contributed by atoms with van der Waals surface area (Å²) in [6.07, 6.45) is -0.304. The minimum Gasteiger partial charge on any atom is -0.482 e. The molecule has 33 heavy (non-hydrogen) atoms. The first-order valence-electron chi connectivity index (χ1n) is 10.9.